The number of fused-ring (bicyclic) bond motifs is 1. The molecule has 4 rings (SSSR count). The van der Waals surface area contributed by atoms with E-state index in [2.05, 4.69) is 15.5 Å². The number of ether oxygens (including phenoxy) is 1. The van der Waals surface area contributed by atoms with Crippen molar-refractivity contribution in [1.82, 2.24) is 15.1 Å². The van der Waals surface area contributed by atoms with Gasteiger partial charge in [-0.1, -0.05) is 0 Å². The van der Waals surface area contributed by atoms with Crippen LogP contribution in [0.2, 0.25) is 0 Å². The fraction of sp³-hybridized carbons (Fsp3) is 0.522. The van der Waals surface area contributed by atoms with Gasteiger partial charge in [-0.2, -0.15) is 24.9 Å². The Labute approximate surface area is 200 Å². The van der Waals surface area contributed by atoms with Gasteiger partial charge < -0.3 is 20.1 Å². The maximum atomic E-state index is 13.0. The number of carbonyl (C=O) groups is 1. The number of hydrogen-bond donors (Lipinski definition) is 2. The Balaban J connectivity index is 1.55. The van der Waals surface area contributed by atoms with E-state index in [-0.39, 0.29) is 17.7 Å². The molecule has 0 radical (unpaired) electrons. The Morgan fingerprint density at radius 2 is 1.94 bits per heavy atom. The van der Waals surface area contributed by atoms with Gasteiger partial charge in [0.05, 0.1) is 5.56 Å². The average Bonchev–Trinajstić information content (AvgIpc) is 3.23. The molecule has 11 heteroatoms. The number of nitrogens with one attached hydrogen (secondary N) is 1. The summed E-state index contributed by atoms with van der Waals surface area (Å²) < 4.78 is 44.4. The number of carbonyl (C=O) groups excluding carboxylic acids is 1. The predicted molar refractivity (Wildman–Crippen MR) is 124 cm³/mol. The van der Waals surface area contributed by atoms with Crippen molar-refractivity contribution in [3.63, 3.8) is 0 Å². The van der Waals surface area contributed by atoms with E-state index in [9.17, 15) is 23.1 Å². The Kier molecular flexibility index (Phi) is 6.58. The minimum Gasteiger partial charge on any atom is -0.507 e. The number of amides is 1. The number of aromatic hydroxyl groups is 1. The van der Waals surface area contributed by atoms with E-state index in [0.717, 1.165) is 30.0 Å². The van der Waals surface area contributed by atoms with Crippen LogP contribution >= 0.6 is 11.8 Å². The van der Waals surface area contributed by atoms with Crippen LogP contribution in [-0.2, 0) is 22.4 Å². The third-order valence-electron chi connectivity index (χ3n) is 5.67. The molecule has 3 heterocycles. The summed E-state index contributed by atoms with van der Waals surface area (Å²) in [7, 11) is 0. The number of rotatable bonds is 3. The highest BCUT2D eigenvalue weighted by molar-refractivity contribution is 7.98. The van der Waals surface area contributed by atoms with Gasteiger partial charge in [-0.25, -0.2) is 4.79 Å². The second-order valence-electron chi connectivity index (χ2n) is 9.49. The number of phenolic OH excluding ortho intramolecular Hbond substituents is 1. The molecule has 184 valence electrons. The van der Waals surface area contributed by atoms with Gasteiger partial charge in [0.1, 0.15) is 17.0 Å². The van der Waals surface area contributed by atoms with Crippen LogP contribution in [0, 0.1) is 0 Å². The predicted octanol–water partition coefficient (Wildman–Crippen LogP) is 5.43. The van der Waals surface area contributed by atoms with Crippen molar-refractivity contribution in [3.05, 3.63) is 34.9 Å². The average molecular weight is 497 g/mol. The lowest BCUT2D eigenvalue weighted by molar-refractivity contribution is -0.137. The van der Waals surface area contributed by atoms with Crippen molar-refractivity contribution < 1.29 is 27.8 Å². The Morgan fingerprint density at radius 3 is 2.62 bits per heavy atom. The Hall–Kier alpha value is -2.69. The van der Waals surface area contributed by atoms with Crippen molar-refractivity contribution >= 4 is 23.7 Å². The standard InChI is InChI=1S/C23H27F3N4O3S/c1-22(2,3)33-21(32)30-8-4-5-14(10-30)27-20-17-12-34-11-16(17)19(28-29-20)15-7-6-13(9-18(15)31)23(24,25)26/h6-7,9,14,31H,4-5,8,10-12H2,1-3H3,(H,27,29)/t14-/m1/s1. The number of alkyl halides is 3. The molecule has 1 saturated heterocycles. The smallest absolute Gasteiger partial charge is 0.416 e. The number of likely N-dealkylation sites (tertiary alicyclic amines) is 1. The molecule has 0 spiro atoms. The van der Waals surface area contributed by atoms with Gasteiger partial charge in [0, 0.05) is 41.8 Å². The van der Waals surface area contributed by atoms with Crippen LogP contribution in [-0.4, -0.2) is 51.0 Å². The lowest BCUT2D eigenvalue weighted by Crippen LogP contribution is -2.47. The lowest BCUT2D eigenvalue weighted by atomic mass is 10.0. The summed E-state index contributed by atoms with van der Waals surface area (Å²) in [4.78, 5) is 14.2. The molecule has 2 aliphatic rings. The zero-order valence-electron chi connectivity index (χ0n) is 19.2. The van der Waals surface area contributed by atoms with Gasteiger partial charge in [0.25, 0.3) is 0 Å². The molecule has 2 aliphatic heterocycles. The first-order valence-electron chi connectivity index (χ1n) is 11.0. The molecule has 1 atom stereocenters. The molecular weight excluding hydrogens is 469 g/mol. The Morgan fingerprint density at radius 1 is 1.21 bits per heavy atom. The molecule has 0 unspecified atom stereocenters. The van der Waals surface area contributed by atoms with E-state index in [1.165, 1.54) is 6.07 Å². The maximum Gasteiger partial charge on any atom is 0.416 e. The molecule has 1 amide bonds. The number of hydrogen-bond acceptors (Lipinski definition) is 7. The highest BCUT2D eigenvalue weighted by atomic mass is 32.2. The number of halogens is 3. The fourth-order valence-corrected chi connectivity index (χ4v) is 5.23. The summed E-state index contributed by atoms with van der Waals surface area (Å²) in [6, 6.07) is 2.85. The van der Waals surface area contributed by atoms with Crippen LogP contribution in [0.5, 0.6) is 5.75 Å². The van der Waals surface area contributed by atoms with E-state index < -0.39 is 23.1 Å². The lowest BCUT2D eigenvalue weighted by Gasteiger charge is -2.34. The molecule has 1 aromatic heterocycles. The first-order valence-corrected chi connectivity index (χ1v) is 12.2. The van der Waals surface area contributed by atoms with Crippen molar-refractivity contribution in [1.29, 1.82) is 0 Å². The van der Waals surface area contributed by atoms with Crippen molar-refractivity contribution in [2.75, 3.05) is 18.4 Å². The van der Waals surface area contributed by atoms with Crippen LogP contribution in [0.4, 0.5) is 23.8 Å². The van der Waals surface area contributed by atoms with Crippen LogP contribution in [0.15, 0.2) is 18.2 Å². The molecule has 2 aromatic rings. The number of nitrogens with zero attached hydrogens (tertiary/aromatic N) is 3. The summed E-state index contributed by atoms with van der Waals surface area (Å²) >= 11 is 1.65. The van der Waals surface area contributed by atoms with E-state index in [0.29, 0.717) is 42.2 Å². The number of piperidine rings is 1. The summed E-state index contributed by atoms with van der Waals surface area (Å²) in [6.07, 6.45) is -3.22. The monoisotopic (exact) mass is 496 g/mol. The third-order valence-corrected chi connectivity index (χ3v) is 6.66. The van der Waals surface area contributed by atoms with Crippen molar-refractivity contribution in [2.24, 2.45) is 0 Å². The van der Waals surface area contributed by atoms with Crippen LogP contribution in [0.1, 0.15) is 50.3 Å². The van der Waals surface area contributed by atoms with Crippen molar-refractivity contribution in [2.45, 2.75) is 62.9 Å². The molecule has 2 N–H and O–H groups in total. The van der Waals surface area contributed by atoms with E-state index >= 15 is 0 Å². The summed E-state index contributed by atoms with van der Waals surface area (Å²) in [5.41, 5.74) is 0.884. The topological polar surface area (TPSA) is 87.6 Å². The largest absolute Gasteiger partial charge is 0.507 e. The zero-order valence-corrected chi connectivity index (χ0v) is 20.0. The number of thioether (sulfide) groups is 1. The van der Waals surface area contributed by atoms with Gasteiger partial charge in [0.15, 0.2) is 5.82 Å². The second-order valence-corrected chi connectivity index (χ2v) is 10.5. The molecule has 0 bridgehead atoms. The number of aromatic nitrogens is 2. The number of phenols is 1. The zero-order chi connectivity index (χ0) is 24.7. The van der Waals surface area contributed by atoms with Crippen LogP contribution in [0.3, 0.4) is 0 Å². The first kappa shape index (κ1) is 24.4. The minimum atomic E-state index is -4.54. The summed E-state index contributed by atoms with van der Waals surface area (Å²) in [5, 5.41) is 22.3. The molecule has 0 aliphatic carbocycles. The third kappa shape index (κ3) is 5.34. The quantitative estimate of drug-likeness (QED) is 0.586. The van der Waals surface area contributed by atoms with Crippen molar-refractivity contribution in [3.8, 4) is 17.0 Å². The molecule has 0 saturated carbocycles. The first-order chi connectivity index (χ1) is 15.9. The normalized spacial score (nSPS) is 18.5. The molecule has 34 heavy (non-hydrogen) atoms. The SMILES string of the molecule is CC(C)(C)OC(=O)N1CCC[C@@H](Nc2nnc(-c3ccc(C(F)(F)F)cc3O)c3c2CSC3)C1. The van der Waals surface area contributed by atoms with Crippen LogP contribution < -0.4 is 5.32 Å². The highest BCUT2D eigenvalue weighted by Crippen LogP contribution is 2.42. The molecule has 1 fully saturated rings. The van der Waals surface area contributed by atoms with Gasteiger partial charge in [0.2, 0.25) is 0 Å². The fourth-order valence-electron chi connectivity index (χ4n) is 4.09. The number of benzene rings is 1. The van der Waals surface area contributed by atoms with Gasteiger partial charge in [-0.15, -0.1) is 10.2 Å². The number of anilines is 1. The maximum absolute atomic E-state index is 13.0. The van der Waals surface area contributed by atoms with Gasteiger partial charge >= 0.3 is 12.3 Å². The summed E-state index contributed by atoms with van der Waals surface area (Å²) in [5.74, 6) is 1.41. The second kappa shape index (κ2) is 9.16. The van der Waals surface area contributed by atoms with Crippen LogP contribution in [0.25, 0.3) is 11.3 Å². The highest BCUT2D eigenvalue weighted by Gasteiger charge is 2.33. The van der Waals surface area contributed by atoms with Gasteiger partial charge in [-0.3, -0.25) is 0 Å². The molecule has 7 nitrogen and oxygen atoms in total. The minimum absolute atomic E-state index is 0.0319. The molecule has 1 aromatic carbocycles. The molecular formula is C23H27F3N4O3S. The Bertz CT molecular complexity index is 1090. The summed E-state index contributed by atoms with van der Waals surface area (Å²) in [6.45, 7) is 6.59. The van der Waals surface area contributed by atoms with E-state index in [1.54, 1.807) is 16.7 Å². The van der Waals surface area contributed by atoms with E-state index in [1.807, 2.05) is 20.8 Å². The van der Waals surface area contributed by atoms with Gasteiger partial charge in [-0.05, 0) is 57.4 Å². The van der Waals surface area contributed by atoms with E-state index in [4.69, 9.17) is 4.74 Å².